The number of fused-ring (bicyclic) bond motifs is 1. The molecule has 0 spiro atoms. The van der Waals surface area contributed by atoms with Crippen LogP contribution in [0.5, 0.6) is 17.2 Å². The van der Waals surface area contributed by atoms with Crippen molar-refractivity contribution in [3.05, 3.63) is 52.3 Å². The van der Waals surface area contributed by atoms with Crippen LogP contribution < -0.4 is 30.4 Å². The second-order valence-corrected chi connectivity index (χ2v) is 8.78. The summed E-state index contributed by atoms with van der Waals surface area (Å²) in [6.07, 6.45) is 0.864. The number of aryl methyl sites for hydroxylation is 1. The second-order valence-electron chi connectivity index (χ2n) is 8.78. The van der Waals surface area contributed by atoms with Gasteiger partial charge in [0.2, 0.25) is 11.7 Å². The number of carbonyl (C=O) groups excluding carboxylic acids is 1. The fraction of sp³-hybridized carbons (Fsp3) is 0.400. The Balaban J connectivity index is 1.55. The average Bonchev–Trinajstić information content (AvgIpc) is 2.85. The van der Waals surface area contributed by atoms with Crippen LogP contribution in [0, 0.1) is 5.41 Å². The predicted molar refractivity (Wildman–Crippen MR) is 132 cm³/mol. The number of H-pyrrole nitrogens is 1. The summed E-state index contributed by atoms with van der Waals surface area (Å²) in [5, 5.41) is 14.3. The van der Waals surface area contributed by atoms with Crippen LogP contribution >= 0.6 is 0 Å². The Morgan fingerprint density at radius 3 is 2.26 bits per heavy atom. The molecule has 0 unspecified atom stereocenters. The Morgan fingerprint density at radius 2 is 1.65 bits per heavy atom. The van der Waals surface area contributed by atoms with Crippen molar-refractivity contribution < 1.29 is 19.0 Å². The number of aromatic amines is 1. The van der Waals surface area contributed by atoms with E-state index in [1.54, 1.807) is 27.4 Å². The molecule has 0 aliphatic heterocycles. The maximum atomic E-state index is 12.5. The summed E-state index contributed by atoms with van der Waals surface area (Å²) in [6.45, 7) is 5.14. The molecule has 34 heavy (non-hydrogen) atoms. The van der Waals surface area contributed by atoms with Crippen LogP contribution in [0.25, 0.3) is 10.8 Å². The van der Waals surface area contributed by atoms with Crippen LogP contribution in [0.1, 0.15) is 25.8 Å². The third-order valence-corrected chi connectivity index (χ3v) is 5.56. The molecule has 0 atom stereocenters. The van der Waals surface area contributed by atoms with Crippen molar-refractivity contribution in [3.8, 4) is 17.2 Å². The number of nitrogens with one attached hydrogen (secondary N) is 3. The SMILES string of the molecule is COc1cc(CCC(=O)NCC(C)(C)CNc2n[nH]c(=O)c3ccccc23)cc(OC)c1OC. The van der Waals surface area contributed by atoms with Crippen molar-refractivity contribution >= 4 is 22.5 Å². The Morgan fingerprint density at radius 1 is 1.00 bits per heavy atom. The molecule has 1 amide bonds. The third-order valence-electron chi connectivity index (χ3n) is 5.56. The molecule has 1 heterocycles. The number of benzene rings is 2. The lowest BCUT2D eigenvalue weighted by Crippen LogP contribution is -2.38. The van der Waals surface area contributed by atoms with Gasteiger partial charge in [0, 0.05) is 24.9 Å². The summed E-state index contributed by atoms with van der Waals surface area (Å²) in [7, 11) is 4.68. The lowest BCUT2D eigenvalue weighted by molar-refractivity contribution is -0.121. The van der Waals surface area contributed by atoms with Crippen LogP contribution in [-0.4, -0.2) is 50.5 Å². The van der Waals surface area contributed by atoms with E-state index in [-0.39, 0.29) is 16.9 Å². The zero-order valence-corrected chi connectivity index (χ0v) is 20.3. The Hall–Kier alpha value is -3.75. The highest BCUT2D eigenvalue weighted by Gasteiger charge is 2.20. The minimum absolute atomic E-state index is 0.0468. The predicted octanol–water partition coefficient (Wildman–Crippen LogP) is 3.14. The molecule has 3 N–H and O–H groups in total. The third kappa shape index (κ3) is 5.98. The first-order chi connectivity index (χ1) is 16.3. The number of amides is 1. The van der Waals surface area contributed by atoms with Gasteiger partial charge in [0.25, 0.3) is 5.56 Å². The minimum Gasteiger partial charge on any atom is -0.493 e. The molecule has 3 aromatic rings. The summed E-state index contributed by atoms with van der Waals surface area (Å²) in [5.74, 6) is 2.21. The molecule has 0 aliphatic carbocycles. The molecule has 0 aliphatic rings. The number of hydrogen-bond acceptors (Lipinski definition) is 7. The van der Waals surface area contributed by atoms with E-state index in [2.05, 4.69) is 20.8 Å². The zero-order valence-electron chi connectivity index (χ0n) is 20.3. The normalized spacial score (nSPS) is 11.2. The molecule has 9 nitrogen and oxygen atoms in total. The quantitative estimate of drug-likeness (QED) is 0.396. The Labute approximate surface area is 198 Å². The van der Waals surface area contributed by atoms with E-state index in [0.29, 0.717) is 54.4 Å². The second kappa shape index (κ2) is 10.9. The smallest absolute Gasteiger partial charge is 0.272 e. The van der Waals surface area contributed by atoms with Crippen molar-refractivity contribution in [3.63, 3.8) is 0 Å². The first-order valence-electron chi connectivity index (χ1n) is 11.0. The number of rotatable bonds is 11. The van der Waals surface area contributed by atoms with Gasteiger partial charge >= 0.3 is 0 Å². The van der Waals surface area contributed by atoms with E-state index in [1.807, 2.05) is 44.2 Å². The Bertz CT molecular complexity index is 1180. The largest absolute Gasteiger partial charge is 0.493 e. The maximum Gasteiger partial charge on any atom is 0.272 e. The van der Waals surface area contributed by atoms with Gasteiger partial charge in [-0.05, 0) is 35.6 Å². The fourth-order valence-electron chi connectivity index (χ4n) is 3.60. The first kappa shape index (κ1) is 24.9. The highest BCUT2D eigenvalue weighted by Crippen LogP contribution is 2.38. The molecule has 0 fully saturated rings. The fourth-order valence-corrected chi connectivity index (χ4v) is 3.60. The average molecular weight is 469 g/mol. The van der Waals surface area contributed by atoms with Gasteiger partial charge in [-0.25, -0.2) is 5.10 Å². The molecular formula is C25H32N4O5. The van der Waals surface area contributed by atoms with E-state index in [4.69, 9.17) is 14.2 Å². The van der Waals surface area contributed by atoms with Crippen LogP contribution in [0.2, 0.25) is 0 Å². The Kier molecular flexibility index (Phi) is 7.99. The van der Waals surface area contributed by atoms with Crippen LogP contribution in [-0.2, 0) is 11.2 Å². The van der Waals surface area contributed by atoms with Crippen molar-refractivity contribution in [1.29, 1.82) is 0 Å². The van der Waals surface area contributed by atoms with E-state index in [1.165, 1.54) is 0 Å². The van der Waals surface area contributed by atoms with E-state index in [9.17, 15) is 9.59 Å². The van der Waals surface area contributed by atoms with Gasteiger partial charge in [-0.1, -0.05) is 32.0 Å². The monoisotopic (exact) mass is 468 g/mol. The molecule has 9 heteroatoms. The van der Waals surface area contributed by atoms with Gasteiger partial charge < -0.3 is 24.8 Å². The van der Waals surface area contributed by atoms with Gasteiger partial charge in [0.05, 0.1) is 26.7 Å². The lowest BCUT2D eigenvalue weighted by atomic mass is 9.93. The molecule has 0 radical (unpaired) electrons. The van der Waals surface area contributed by atoms with Crippen LogP contribution in [0.3, 0.4) is 0 Å². The number of aromatic nitrogens is 2. The highest BCUT2D eigenvalue weighted by molar-refractivity contribution is 5.90. The minimum atomic E-state index is -0.249. The number of anilines is 1. The van der Waals surface area contributed by atoms with Crippen LogP contribution in [0.15, 0.2) is 41.2 Å². The van der Waals surface area contributed by atoms with E-state index >= 15 is 0 Å². The molecule has 1 aromatic heterocycles. The first-order valence-corrected chi connectivity index (χ1v) is 11.0. The molecule has 3 rings (SSSR count). The summed E-state index contributed by atoms with van der Waals surface area (Å²) in [6, 6.07) is 11.0. The van der Waals surface area contributed by atoms with E-state index in [0.717, 1.165) is 10.9 Å². The number of nitrogens with zero attached hydrogens (tertiary/aromatic N) is 1. The zero-order chi connectivity index (χ0) is 24.7. The molecule has 182 valence electrons. The topological polar surface area (TPSA) is 115 Å². The van der Waals surface area contributed by atoms with Crippen molar-refractivity contribution in [2.45, 2.75) is 26.7 Å². The number of carbonyl (C=O) groups is 1. The van der Waals surface area contributed by atoms with Crippen molar-refractivity contribution in [1.82, 2.24) is 15.5 Å². The van der Waals surface area contributed by atoms with Crippen molar-refractivity contribution in [2.75, 3.05) is 39.7 Å². The molecule has 0 saturated heterocycles. The summed E-state index contributed by atoms with van der Waals surface area (Å²) >= 11 is 0. The maximum absolute atomic E-state index is 12.5. The number of methoxy groups -OCH3 is 3. The van der Waals surface area contributed by atoms with Crippen LogP contribution in [0.4, 0.5) is 5.82 Å². The molecular weight excluding hydrogens is 436 g/mol. The van der Waals surface area contributed by atoms with Gasteiger partial charge in [0.1, 0.15) is 0 Å². The molecule has 0 bridgehead atoms. The van der Waals surface area contributed by atoms with E-state index < -0.39 is 0 Å². The van der Waals surface area contributed by atoms with Gasteiger partial charge in [-0.3, -0.25) is 9.59 Å². The van der Waals surface area contributed by atoms with Gasteiger partial charge in [0.15, 0.2) is 17.3 Å². The molecule has 2 aromatic carbocycles. The number of ether oxygens (including phenoxy) is 3. The van der Waals surface area contributed by atoms with Crippen molar-refractivity contribution in [2.24, 2.45) is 5.41 Å². The highest BCUT2D eigenvalue weighted by atomic mass is 16.5. The van der Waals surface area contributed by atoms with Gasteiger partial charge in [-0.15, -0.1) is 0 Å². The van der Waals surface area contributed by atoms with Gasteiger partial charge in [-0.2, -0.15) is 5.10 Å². The standard InChI is InChI=1S/C25H32N4O5/c1-25(2,15-27-23-17-8-6-7-9-18(17)24(31)29-28-23)14-26-21(30)11-10-16-12-19(32-3)22(34-5)20(13-16)33-4/h6-9,12-13H,10-11,14-15H2,1-5H3,(H,26,30)(H,27,28)(H,29,31). The summed E-state index contributed by atoms with van der Waals surface area (Å²) in [4.78, 5) is 24.5. The summed E-state index contributed by atoms with van der Waals surface area (Å²) in [5.41, 5.74) is 0.447. The summed E-state index contributed by atoms with van der Waals surface area (Å²) < 4.78 is 16.1. The lowest BCUT2D eigenvalue weighted by Gasteiger charge is -2.26. The molecule has 0 saturated carbocycles. The number of hydrogen-bond donors (Lipinski definition) is 3.